The molecule has 2 heteroatoms. The van der Waals surface area contributed by atoms with E-state index in [0.717, 1.165) is 18.1 Å². The molecule has 2 atom stereocenters. The fraction of sp³-hybridized carbons (Fsp3) is 1.00. The third kappa shape index (κ3) is 1.31. The molecule has 2 bridgehead atoms. The average molecular weight is 181 g/mol. The molecule has 0 radical (unpaired) electrons. The smallest absolute Gasteiger partial charge is 0.0460 e. The molecule has 0 spiro atoms. The maximum absolute atomic E-state index is 9.18. The van der Waals surface area contributed by atoms with Crippen LogP contribution in [0.25, 0.3) is 0 Å². The molecule has 1 N–H and O–H groups in total. The van der Waals surface area contributed by atoms with Crippen molar-refractivity contribution in [3.8, 4) is 0 Å². The van der Waals surface area contributed by atoms with E-state index in [2.05, 4.69) is 4.90 Å². The van der Waals surface area contributed by atoms with Crippen molar-refractivity contribution in [2.75, 3.05) is 6.61 Å². The first-order valence-electron chi connectivity index (χ1n) is 5.77. The summed E-state index contributed by atoms with van der Waals surface area (Å²) in [7, 11) is 0. The Balaban J connectivity index is 1.73. The van der Waals surface area contributed by atoms with Crippen molar-refractivity contribution in [2.45, 2.75) is 56.7 Å². The fourth-order valence-electron chi connectivity index (χ4n) is 3.44. The number of fused-ring (bicyclic) bond motifs is 2. The second kappa shape index (κ2) is 2.96. The molecule has 1 saturated carbocycles. The highest BCUT2D eigenvalue weighted by atomic mass is 16.3. The van der Waals surface area contributed by atoms with Crippen molar-refractivity contribution in [3.63, 3.8) is 0 Å². The van der Waals surface area contributed by atoms with E-state index in [1.54, 1.807) is 0 Å². The molecule has 1 aliphatic carbocycles. The van der Waals surface area contributed by atoms with Gasteiger partial charge >= 0.3 is 0 Å². The summed E-state index contributed by atoms with van der Waals surface area (Å²) in [5.74, 6) is 0.618. The minimum Gasteiger partial charge on any atom is -0.396 e. The molecule has 3 aliphatic rings. The number of piperidine rings is 1. The second-order valence-corrected chi connectivity index (χ2v) is 5.08. The van der Waals surface area contributed by atoms with Gasteiger partial charge in [0.25, 0.3) is 0 Å². The van der Waals surface area contributed by atoms with E-state index in [1.165, 1.54) is 38.5 Å². The Morgan fingerprint density at radius 3 is 1.92 bits per heavy atom. The van der Waals surface area contributed by atoms with Gasteiger partial charge < -0.3 is 5.11 Å². The largest absolute Gasteiger partial charge is 0.396 e. The molecule has 13 heavy (non-hydrogen) atoms. The molecule has 2 nitrogen and oxygen atoms in total. The Morgan fingerprint density at radius 2 is 1.46 bits per heavy atom. The Labute approximate surface area is 79.9 Å². The van der Waals surface area contributed by atoms with E-state index in [-0.39, 0.29) is 0 Å². The van der Waals surface area contributed by atoms with Gasteiger partial charge in [-0.15, -0.1) is 0 Å². The Morgan fingerprint density at radius 1 is 0.923 bits per heavy atom. The number of aliphatic hydroxyl groups is 1. The van der Waals surface area contributed by atoms with Crippen LogP contribution in [-0.4, -0.2) is 34.7 Å². The molecule has 0 amide bonds. The topological polar surface area (TPSA) is 23.5 Å². The SMILES string of the molecule is OCC1C[C@H]2CC[C@H](C1)N2C1CC1. The van der Waals surface area contributed by atoms with Gasteiger partial charge in [0, 0.05) is 24.7 Å². The zero-order valence-electron chi connectivity index (χ0n) is 8.15. The standard InChI is InChI=1S/C11H19NO/c13-7-8-5-10-3-4-11(6-8)12(10)9-1-2-9/h8-11,13H,1-7H2/t10-,11-/m1/s1. The quantitative estimate of drug-likeness (QED) is 0.695. The Bertz CT molecular complexity index is 188. The van der Waals surface area contributed by atoms with Crippen LogP contribution in [0.3, 0.4) is 0 Å². The first kappa shape index (κ1) is 8.25. The summed E-state index contributed by atoms with van der Waals surface area (Å²) in [6.07, 6.45) is 8.22. The zero-order valence-corrected chi connectivity index (χ0v) is 8.15. The average Bonchev–Trinajstić information content (AvgIpc) is 2.95. The van der Waals surface area contributed by atoms with Crippen molar-refractivity contribution in [3.05, 3.63) is 0 Å². The van der Waals surface area contributed by atoms with Crippen molar-refractivity contribution >= 4 is 0 Å². The molecule has 3 rings (SSSR count). The monoisotopic (exact) mass is 181 g/mol. The minimum atomic E-state index is 0.422. The third-order valence-electron chi connectivity index (χ3n) is 4.11. The molecule has 3 fully saturated rings. The lowest BCUT2D eigenvalue weighted by molar-refractivity contribution is 0.0680. The van der Waals surface area contributed by atoms with Crippen LogP contribution < -0.4 is 0 Å². The summed E-state index contributed by atoms with van der Waals surface area (Å²) in [6, 6.07) is 2.61. The van der Waals surface area contributed by atoms with Crippen molar-refractivity contribution in [1.82, 2.24) is 4.90 Å². The van der Waals surface area contributed by atoms with Gasteiger partial charge in [0.2, 0.25) is 0 Å². The van der Waals surface area contributed by atoms with Gasteiger partial charge in [0.05, 0.1) is 0 Å². The molecule has 2 saturated heterocycles. The van der Waals surface area contributed by atoms with Gasteiger partial charge in [-0.05, 0) is 44.4 Å². The van der Waals surface area contributed by atoms with E-state index in [4.69, 9.17) is 0 Å². The maximum Gasteiger partial charge on any atom is 0.0460 e. The molecule has 2 aliphatic heterocycles. The van der Waals surface area contributed by atoms with E-state index in [9.17, 15) is 5.11 Å². The van der Waals surface area contributed by atoms with Crippen LogP contribution >= 0.6 is 0 Å². The lowest BCUT2D eigenvalue weighted by Gasteiger charge is -2.38. The van der Waals surface area contributed by atoms with Gasteiger partial charge in [-0.25, -0.2) is 0 Å². The number of hydrogen-bond donors (Lipinski definition) is 1. The van der Waals surface area contributed by atoms with Crippen LogP contribution in [0.4, 0.5) is 0 Å². The number of rotatable bonds is 2. The first-order valence-corrected chi connectivity index (χ1v) is 5.77. The zero-order chi connectivity index (χ0) is 8.84. The Hall–Kier alpha value is -0.0800. The summed E-state index contributed by atoms with van der Waals surface area (Å²) in [6.45, 7) is 0.422. The number of nitrogens with zero attached hydrogens (tertiary/aromatic N) is 1. The predicted molar refractivity (Wildman–Crippen MR) is 51.5 cm³/mol. The van der Waals surface area contributed by atoms with Crippen molar-refractivity contribution in [1.29, 1.82) is 0 Å². The van der Waals surface area contributed by atoms with Crippen molar-refractivity contribution in [2.24, 2.45) is 5.92 Å². The normalized spacial score (nSPS) is 45.5. The Kier molecular flexibility index (Phi) is 1.88. The van der Waals surface area contributed by atoms with Crippen LogP contribution in [-0.2, 0) is 0 Å². The summed E-state index contributed by atoms with van der Waals surface area (Å²) in [5.41, 5.74) is 0. The molecule has 0 unspecified atom stereocenters. The van der Waals surface area contributed by atoms with Crippen LogP contribution in [0.1, 0.15) is 38.5 Å². The molecule has 0 aromatic rings. The van der Waals surface area contributed by atoms with Crippen molar-refractivity contribution < 1.29 is 5.11 Å². The summed E-state index contributed by atoms with van der Waals surface area (Å²) in [4.78, 5) is 2.78. The maximum atomic E-state index is 9.18. The first-order chi connectivity index (χ1) is 6.38. The van der Waals surface area contributed by atoms with Gasteiger partial charge in [0.15, 0.2) is 0 Å². The fourth-order valence-corrected chi connectivity index (χ4v) is 3.44. The minimum absolute atomic E-state index is 0.422. The van der Waals surface area contributed by atoms with Gasteiger partial charge in [0.1, 0.15) is 0 Å². The van der Waals surface area contributed by atoms with Gasteiger partial charge in [-0.3, -0.25) is 4.90 Å². The molecule has 74 valence electrons. The van der Waals surface area contributed by atoms with Crippen LogP contribution in [0.2, 0.25) is 0 Å². The van der Waals surface area contributed by atoms with Crippen LogP contribution in [0.5, 0.6) is 0 Å². The molecular weight excluding hydrogens is 162 g/mol. The molecule has 0 aromatic heterocycles. The highest BCUT2D eigenvalue weighted by Crippen LogP contribution is 2.44. The highest BCUT2D eigenvalue weighted by molar-refractivity contribution is 5.01. The lowest BCUT2D eigenvalue weighted by atomic mass is 9.91. The summed E-state index contributed by atoms with van der Waals surface area (Å²) in [5, 5.41) is 9.18. The van der Waals surface area contributed by atoms with Crippen LogP contribution in [0, 0.1) is 5.92 Å². The second-order valence-electron chi connectivity index (χ2n) is 5.08. The summed E-state index contributed by atoms with van der Waals surface area (Å²) < 4.78 is 0. The van der Waals surface area contributed by atoms with Gasteiger partial charge in [-0.2, -0.15) is 0 Å². The lowest BCUT2D eigenvalue weighted by Crippen LogP contribution is -2.44. The third-order valence-corrected chi connectivity index (χ3v) is 4.11. The van der Waals surface area contributed by atoms with E-state index < -0.39 is 0 Å². The molecular formula is C11H19NO. The van der Waals surface area contributed by atoms with Gasteiger partial charge in [-0.1, -0.05) is 0 Å². The number of hydrogen-bond acceptors (Lipinski definition) is 2. The predicted octanol–water partition coefficient (Wildman–Crippen LogP) is 1.38. The summed E-state index contributed by atoms with van der Waals surface area (Å²) >= 11 is 0. The van der Waals surface area contributed by atoms with E-state index in [1.807, 2.05) is 0 Å². The highest BCUT2D eigenvalue weighted by Gasteiger charge is 2.46. The molecule has 0 aromatic carbocycles. The van der Waals surface area contributed by atoms with E-state index in [0.29, 0.717) is 12.5 Å². The van der Waals surface area contributed by atoms with Crippen LogP contribution in [0.15, 0.2) is 0 Å². The number of aliphatic hydroxyl groups excluding tert-OH is 1. The van der Waals surface area contributed by atoms with E-state index >= 15 is 0 Å². The molecule has 2 heterocycles.